The fourth-order valence-corrected chi connectivity index (χ4v) is 5.49. The third-order valence-electron chi connectivity index (χ3n) is 6.46. The van der Waals surface area contributed by atoms with Gasteiger partial charge in [0.25, 0.3) is 21.5 Å². The summed E-state index contributed by atoms with van der Waals surface area (Å²) in [6.45, 7) is 6.61. The number of ether oxygens (including phenoxy) is 1. The summed E-state index contributed by atoms with van der Waals surface area (Å²) in [4.78, 5) is 38.7. The van der Waals surface area contributed by atoms with Crippen LogP contribution in [-0.4, -0.2) is 35.8 Å². The average Bonchev–Trinajstić information content (AvgIpc) is 3.13. The van der Waals surface area contributed by atoms with Crippen LogP contribution in [0.3, 0.4) is 0 Å². The third kappa shape index (κ3) is 5.84. The number of sulfonamides is 1. The number of carbonyl (C=O) groups excluding carboxylic acids is 2. The lowest BCUT2D eigenvalue weighted by Gasteiger charge is -2.14. The number of carbonyl (C=O) groups is 2. The van der Waals surface area contributed by atoms with Gasteiger partial charge in [0.1, 0.15) is 5.69 Å². The fraction of sp³-hybridized carbons (Fsp3) is 0.207. The van der Waals surface area contributed by atoms with Crippen LogP contribution in [0.2, 0.25) is 0 Å². The summed E-state index contributed by atoms with van der Waals surface area (Å²) in [7, 11) is -2.13. The van der Waals surface area contributed by atoms with E-state index in [-0.39, 0.29) is 21.8 Å². The number of para-hydroxylation sites is 1. The van der Waals surface area contributed by atoms with Gasteiger partial charge in [0.15, 0.2) is 6.10 Å². The molecule has 4 aromatic rings. The smallest absolute Gasteiger partial charge is 0.338 e. The van der Waals surface area contributed by atoms with Crippen molar-refractivity contribution in [3.05, 3.63) is 106 Å². The summed E-state index contributed by atoms with van der Waals surface area (Å²) < 4.78 is 36.6. The van der Waals surface area contributed by atoms with Crippen molar-refractivity contribution in [2.75, 3.05) is 10.0 Å². The first kappa shape index (κ1) is 28.4. The molecule has 208 valence electrons. The van der Waals surface area contributed by atoms with Crippen molar-refractivity contribution in [3.63, 3.8) is 0 Å². The first-order valence-electron chi connectivity index (χ1n) is 12.4. The quantitative estimate of drug-likeness (QED) is 0.312. The summed E-state index contributed by atoms with van der Waals surface area (Å²) in [5.41, 5.74) is 2.63. The van der Waals surface area contributed by atoms with Crippen LogP contribution in [0.25, 0.3) is 5.69 Å². The number of aromatic nitrogens is 2. The van der Waals surface area contributed by atoms with Crippen LogP contribution in [0.1, 0.15) is 34.1 Å². The van der Waals surface area contributed by atoms with Gasteiger partial charge in [0.2, 0.25) is 0 Å². The van der Waals surface area contributed by atoms with E-state index in [1.165, 1.54) is 35.9 Å². The molecular weight excluding hydrogens is 532 g/mol. The molecule has 0 radical (unpaired) electrons. The van der Waals surface area contributed by atoms with Gasteiger partial charge in [0, 0.05) is 12.7 Å². The molecule has 0 aliphatic carbocycles. The van der Waals surface area contributed by atoms with Crippen molar-refractivity contribution in [2.45, 2.75) is 38.7 Å². The molecular formula is C29H30N4O6S. The molecule has 4 rings (SSSR count). The van der Waals surface area contributed by atoms with Crippen molar-refractivity contribution in [1.29, 1.82) is 0 Å². The first-order chi connectivity index (χ1) is 18.9. The van der Waals surface area contributed by atoms with Gasteiger partial charge in [-0.25, -0.2) is 17.9 Å². The Bertz CT molecular complexity index is 1740. The Morgan fingerprint density at radius 2 is 1.57 bits per heavy atom. The molecule has 10 nitrogen and oxygen atoms in total. The van der Waals surface area contributed by atoms with Crippen molar-refractivity contribution in [1.82, 2.24) is 9.36 Å². The number of esters is 1. The van der Waals surface area contributed by atoms with Gasteiger partial charge >= 0.3 is 5.97 Å². The van der Waals surface area contributed by atoms with Gasteiger partial charge in [-0.1, -0.05) is 30.3 Å². The van der Waals surface area contributed by atoms with E-state index in [1.807, 2.05) is 19.1 Å². The molecule has 1 amide bonds. The molecule has 2 N–H and O–H groups in total. The highest BCUT2D eigenvalue weighted by Crippen LogP contribution is 2.21. The van der Waals surface area contributed by atoms with E-state index in [0.29, 0.717) is 16.9 Å². The molecule has 0 saturated carbocycles. The molecule has 0 saturated heterocycles. The Labute approximate surface area is 232 Å². The van der Waals surface area contributed by atoms with E-state index >= 15 is 0 Å². The molecule has 11 heteroatoms. The summed E-state index contributed by atoms with van der Waals surface area (Å²) in [6.07, 6.45) is -1.21. The van der Waals surface area contributed by atoms with E-state index in [2.05, 4.69) is 10.0 Å². The van der Waals surface area contributed by atoms with Crippen LogP contribution in [0, 0.1) is 20.8 Å². The van der Waals surface area contributed by atoms with Crippen molar-refractivity contribution in [3.8, 4) is 5.69 Å². The van der Waals surface area contributed by atoms with Crippen molar-refractivity contribution >= 4 is 33.3 Å². The van der Waals surface area contributed by atoms with Crippen LogP contribution in [0.15, 0.2) is 82.5 Å². The monoisotopic (exact) mass is 562 g/mol. The fourth-order valence-electron chi connectivity index (χ4n) is 4.10. The Morgan fingerprint density at radius 1 is 0.925 bits per heavy atom. The number of hydrogen-bond donors (Lipinski definition) is 2. The SMILES string of the molecule is Cc1ccc(C)c(S(=O)(=O)Nc2ccc(C(=O)OC(C)C(=O)Nc3c(C)n(C)n(-c4ccccc4)c3=O)cc2)c1. The van der Waals surface area contributed by atoms with Crippen molar-refractivity contribution in [2.24, 2.45) is 7.05 Å². The number of rotatable bonds is 8. The second kappa shape index (κ2) is 11.2. The molecule has 1 aromatic heterocycles. The van der Waals surface area contributed by atoms with Crippen LogP contribution in [0.4, 0.5) is 11.4 Å². The zero-order valence-corrected chi connectivity index (χ0v) is 23.6. The molecule has 1 unspecified atom stereocenters. The molecule has 0 fully saturated rings. The highest BCUT2D eigenvalue weighted by atomic mass is 32.2. The molecule has 40 heavy (non-hydrogen) atoms. The van der Waals surface area contributed by atoms with E-state index in [4.69, 9.17) is 4.74 Å². The van der Waals surface area contributed by atoms with Crippen molar-refractivity contribution < 1.29 is 22.7 Å². The Balaban J connectivity index is 1.42. The maximum Gasteiger partial charge on any atom is 0.338 e. The highest BCUT2D eigenvalue weighted by Gasteiger charge is 2.24. The third-order valence-corrected chi connectivity index (χ3v) is 7.98. The molecule has 1 heterocycles. The van der Waals surface area contributed by atoms with Gasteiger partial charge in [-0.05, 0) is 81.3 Å². The Hall–Kier alpha value is -4.64. The molecule has 0 bridgehead atoms. The molecule has 1 atom stereocenters. The largest absolute Gasteiger partial charge is 0.449 e. The zero-order valence-electron chi connectivity index (χ0n) is 22.8. The second-order valence-electron chi connectivity index (χ2n) is 9.43. The van der Waals surface area contributed by atoms with Crippen LogP contribution >= 0.6 is 0 Å². The van der Waals surface area contributed by atoms with Gasteiger partial charge in [-0.15, -0.1) is 0 Å². The number of aryl methyl sites for hydroxylation is 2. The van der Waals surface area contributed by atoms with Gasteiger partial charge < -0.3 is 10.1 Å². The molecule has 0 aliphatic rings. The summed E-state index contributed by atoms with van der Waals surface area (Å²) >= 11 is 0. The van der Waals surface area contributed by atoms with Crippen LogP contribution < -0.4 is 15.6 Å². The van der Waals surface area contributed by atoms with Gasteiger partial charge in [-0.3, -0.25) is 19.0 Å². The summed E-state index contributed by atoms with van der Waals surface area (Å²) in [5.74, 6) is -1.45. The van der Waals surface area contributed by atoms with Gasteiger partial charge in [0.05, 0.1) is 21.8 Å². The maximum atomic E-state index is 13.0. The Kier molecular flexibility index (Phi) is 7.96. The lowest BCUT2D eigenvalue weighted by atomic mass is 10.2. The number of benzene rings is 3. The predicted molar refractivity (Wildman–Crippen MR) is 152 cm³/mol. The normalized spacial score (nSPS) is 12.0. The predicted octanol–water partition coefficient (Wildman–Crippen LogP) is 4.09. The maximum absolute atomic E-state index is 13.0. The summed E-state index contributed by atoms with van der Waals surface area (Å²) in [6, 6.07) is 19.8. The molecule has 3 aromatic carbocycles. The standard InChI is InChI=1S/C29H30N4O6S/c1-18-11-12-19(2)25(17-18)40(37,38)31-23-15-13-22(14-16-23)29(36)39-21(4)27(34)30-26-20(3)32(5)33(28(26)35)24-9-7-6-8-10-24/h6-17,21,31H,1-5H3,(H,30,34). The number of nitrogens with one attached hydrogen (secondary N) is 2. The minimum absolute atomic E-state index is 0.0831. The molecule has 0 aliphatic heterocycles. The van der Waals surface area contributed by atoms with Crippen LogP contribution in [-0.2, 0) is 26.6 Å². The van der Waals surface area contributed by atoms with E-state index < -0.39 is 33.6 Å². The van der Waals surface area contributed by atoms with E-state index in [1.54, 1.807) is 62.0 Å². The van der Waals surface area contributed by atoms with E-state index in [0.717, 1.165) is 5.56 Å². The van der Waals surface area contributed by atoms with Gasteiger partial charge in [-0.2, -0.15) is 0 Å². The lowest BCUT2D eigenvalue weighted by Crippen LogP contribution is -2.32. The zero-order chi connectivity index (χ0) is 29.2. The van der Waals surface area contributed by atoms with E-state index in [9.17, 15) is 22.8 Å². The first-order valence-corrected chi connectivity index (χ1v) is 13.9. The van der Waals surface area contributed by atoms with Crippen LogP contribution in [0.5, 0.6) is 0 Å². The molecule has 0 spiro atoms. The minimum Gasteiger partial charge on any atom is -0.449 e. The average molecular weight is 563 g/mol. The number of amides is 1. The summed E-state index contributed by atoms with van der Waals surface area (Å²) in [5, 5.41) is 2.58. The second-order valence-corrected chi connectivity index (χ2v) is 11.1. The highest BCUT2D eigenvalue weighted by molar-refractivity contribution is 7.92. The number of anilines is 2. The lowest BCUT2D eigenvalue weighted by molar-refractivity contribution is -0.123. The number of hydrogen-bond acceptors (Lipinski definition) is 6. The number of nitrogens with zero attached hydrogens (tertiary/aromatic N) is 2. The minimum atomic E-state index is -3.83. The Morgan fingerprint density at radius 3 is 2.23 bits per heavy atom. The topological polar surface area (TPSA) is 128 Å².